The maximum atomic E-state index is 13.1. The van der Waals surface area contributed by atoms with Crippen LogP contribution in [0.4, 0.5) is 4.39 Å². The van der Waals surface area contributed by atoms with Crippen molar-refractivity contribution in [1.29, 1.82) is 0 Å². The fraction of sp³-hybridized carbons (Fsp3) is 0.417. The predicted octanol–water partition coefficient (Wildman–Crippen LogP) is 0.962. The summed E-state index contributed by atoms with van der Waals surface area (Å²) >= 11 is 0. The van der Waals surface area contributed by atoms with Gasteiger partial charge in [0.1, 0.15) is 11.7 Å². The van der Waals surface area contributed by atoms with Crippen molar-refractivity contribution in [2.45, 2.75) is 25.3 Å². The molecule has 2 rings (SSSR count). The highest BCUT2D eigenvalue weighted by molar-refractivity contribution is 5.94. The molecule has 0 bridgehead atoms. The highest BCUT2D eigenvalue weighted by atomic mass is 19.1. The molecule has 1 aromatic rings. The number of amides is 1. The Morgan fingerprint density at radius 1 is 1.58 bits per heavy atom. The molecule has 19 heavy (non-hydrogen) atoms. The normalized spacial score (nSPS) is 15.3. The smallest absolute Gasteiger partial charge is 0.255 e. The standard InChI is InChI=1S/C12H15FN4O2/c13-9-5-8(6-15-7-9)12(18)17(10-1-2-10)4-3-11(14)16-19/h5-7,10,19H,1-4H2,(H2,14,16). The van der Waals surface area contributed by atoms with Gasteiger partial charge in [0.2, 0.25) is 0 Å². The Morgan fingerprint density at radius 2 is 2.32 bits per heavy atom. The van der Waals surface area contributed by atoms with Crippen LogP contribution in [-0.4, -0.2) is 39.4 Å². The summed E-state index contributed by atoms with van der Waals surface area (Å²) in [4.78, 5) is 17.5. The first-order chi connectivity index (χ1) is 9.11. The van der Waals surface area contributed by atoms with Crippen LogP contribution in [0.1, 0.15) is 29.6 Å². The monoisotopic (exact) mass is 266 g/mol. The fourth-order valence-corrected chi connectivity index (χ4v) is 1.82. The molecule has 1 amide bonds. The Hall–Kier alpha value is -2.18. The van der Waals surface area contributed by atoms with E-state index in [9.17, 15) is 9.18 Å². The lowest BCUT2D eigenvalue weighted by molar-refractivity contribution is 0.0746. The van der Waals surface area contributed by atoms with Crippen molar-refractivity contribution in [1.82, 2.24) is 9.88 Å². The summed E-state index contributed by atoms with van der Waals surface area (Å²) in [5.74, 6) is -0.755. The number of rotatable bonds is 5. The largest absolute Gasteiger partial charge is 0.409 e. The van der Waals surface area contributed by atoms with Crippen LogP contribution in [0.5, 0.6) is 0 Å². The summed E-state index contributed by atoms with van der Waals surface area (Å²) < 4.78 is 13.1. The molecule has 0 saturated heterocycles. The van der Waals surface area contributed by atoms with Crippen LogP contribution in [0.3, 0.4) is 0 Å². The Bertz CT molecular complexity index is 502. The van der Waals surface area contributed by atoms with E-state index < -0.39 is 5.82 Å². The number of hydrogen-bond donors (Lipinski definition) is 2. The molecule has 0 spiro atoms. The minimum Gasteiger partial charge on any atom is -0.409 e. The van der Waals surface area contributed by atoms with Crippen molar-refractivity contribution >= 4 is 11.7 Å². The van der Waals surface area contributed by atoms with E-state index in [-0.39, 0.29) is 29.8 Å². The van der Waals surface area contributed by atoms with E-state index in [1.807, 2.05) is 0 Å². The van der Waals surface area contributed by atoms with E-state index >= 15 is 0 Å². The molecule has 6 nitrogen and oxygen atoms in total. The van der Waals surface area contributed by atoms with Gasteiger partial charge in [0, 0.05) is 25.2 Å². The summed E-state index contributed by atoms with van der Waals surface area (Å²) in [5.41, 5.74) is 5.61. The molecule has 1 fully saturated rings. The quantitative estimate of drug-likeness (QED) is 0.359. The highest BCUT2D eigenvalue weighted by Crippen LogP contribution is 2.28. The number of hydrogen-bond acceptors (Lipinski definition) is 4. The predicted molar refractivity (Wildman–Crippen MR) is 66.3 cm³/mol. The first kappa shape index (κ1) is 13.3. The van der Waals surface area contributed by atoms with Gasteiger partial charge < -0.3 is 15.8 Å². The van der Waals surface area contributed by atoms with Gasteiger partial charge in [0.05, 0.1) is 11.8 Å². The first-order valence-electron chi connectivity index (χ1n) is 5.99. The molecule has 1 aliphatic carbocycles. The van der Waals surface area contributed by atoms with Gasteiger partial charge in [-0.1, -0.05) is 5.16 Å². The third kappa shape index (κ3) is 3.40. The second-order valence-corrected chi connectivity index (χ2v) is 4.46. The molecule has 1 heterocycles. The van der Waals surface area contributed by atoms with Crippen LogP contribution in [0.15, 0.2) is 23.6 Å². The van der Waals surface area contributed by atoms with Crippen LogP contribution in [0.25, 0.3) is 0 Å². The van der Waals surface area contributed by atoms with Crippen LogP contribution in [0.2, 0.25) is 0 Å². The molecule has 0 aliphatic heterocycles. The Morgan fingerprint density at radius 3 is 2.89 bits per heavy atom. The SMILES string of the molecule is N/C(CCN(C(=O)c1cncc(F)c1)C1CC1)=N/O. The fourth-order valence-electron chi connectivity index (χ4n) is 1.82. The van der Waals surface area contributed by atoms with Gasteiger partial charge in [0.25, 0.3) is 5.91 Å². The summed E-state index contributed by atoms with van der Waals surface area (Å²) in [6, 6.07) is 1.32. The Balaban J connectivity index is 2.08. The Labute approximate surface area is 109 Å². The van der Waals surface area contributed by atoms with Gasteiger partial charge in [-0.2, -0.15) is 0 Å². The molecule has 0 radical (unpaired) electrons. The topological polar surface area (TPSA) is 91.8 Å². The number of nitrogens with zero attached hydrogens (tertiary/aromatic N) is 3. The van der Waals surface area contributed by atoms with Crippen molar-refractivity contribution < 1.29 is 14.4 Å². The third-order valence-corrected chi connectivity index (χ3v) is 2.94. The van der Waals surface area contributed by atoms with E-state index in [0.717, 1.165) is 25.1 Å². The number of carbonyl (C=O) groups is 1. The average molecular weight is 266 g/mol. The lowest BCUT2D eigenvalue weighted by Gasteiger charge is -2.22. The lowest BCUT2D eigenvalue weighted by Crippen LogP contribution is -2.36. The van der Waals surface area contributed by atoms with Crippen molar-refractivity contribution in [2.75, 3.05) is 6.54 Å². The van der Waals surface area contributed by atoms with Gasteiger partial charge >= 0.3 is 0 Å². The molecular formula is C12H15FN4O2. The minimum absolute atomic E-state index is 0.0656. The number of oxime groups is 1. The lowest BCUT2D eigenvalue weighted by atomic mass is 10.2. The summed E-state index contributed by atoms with van der Waals surface area (Å²) in [7, 11) is 0. The van der Waals surface area contributed by atoms with Crippen molar-refractivity contribution in [3.8, 4) is 0 Å². The van der Waals surface area contributed by atoms with Crippen LogP contribution in [0, 0.1) is 5.82 Å². The number of carbonyl (C=O) groups excluding carboxylic acids is 1. The molecule has 1 saturated carbocycles. The van der Waals surface area contributed by atoms with Crippen LogP contribution >= 0.6 is 0 Å². The van der Waals surface area contributed by atoms with Crippen molar-refractivity contribution in [3.63, 3.8) is 0 Å². The number of pyridine rings is 1. The zero-order chi connectivity index (χ0) is 13.8. The summed E-state index contributed by atoms with van der Waals surface area (Å²) in [5, 5.41) is 11.4. The number of aromatic nitrogens is 1. The van der Waals surface area contributed by atoms with Crippen molar-refractivity contribution in [3.05, 3.63) is 29.8 Å². The van der Waals surface area contributed by atoms with E-state index in [4.69, 9.17) is 10.9 Å². The zero-order valence-electron chi connectivity index (χ0n) is 10.3. The van der Waals surface area contributed by atoms with E-state index in [1.165, 1.54) is 6.20 Å². The summed E-state index contributed by atoms with van der Waals surface area (Å²) in [6.07, 6.45) is 4.51. The number of amidine groups is 1. The molecule has 7 heteroatoms. The number of halogens is 1. The van der Waals surface area contributed by atoms with Gasteiger partial charge in [-0.3, -0.25) is 9.78 Å². The maximum Gasteiger partial charge on any atom is 0.255 e. The molecule has 0 unspecified atom stereocenters. The van der Waals surface area contributed by atoms with Gasteiger partial charge in [0.15, 0.2) is 0 Å². The van der Waals surface area contributed by atoms with Crippen molar-refractivity contribution in [2.24, 2.45) is 10.9 Å². The van der Waals surface area contributed by atoms with Crippen LogP contribution < -0.4 is 5.73 Å². The number of nitrogens with two attached hydrogens (primary N) is 1. The van der Waals surface area contributed by atoms with E-state index in [2.05, 4.69) is 10.1 Å². The molecule has 1 aliphatic rings. The van der Waals surface area contributed by atoms with Gasteiger partial charge in [-0.15, -0.1) is 0 Å². The molecule has 3 N–H and O–H groups in total. The minimum atomic E-state index is -0.543. The van der Waals surface area contributed by atoms with Crippen LogP contribution in [-0.2, 0) is 0 Å². The zero-order valence-corrected chi connectivity index (χ0v) is 10.3. The van der Waals surface area contributed by atoms with E-state index in [1.54, 1.807) is 4.90 Å². The van der Waals surface area contributed by atoms with Gasteiger partial charge in [-0.05, 0) is 18.9 Å². The third-order valence-electron chi connectivity index (χ3n) is 2.94. The molecule has 0 atom stereocenters. The molecular weight excluding hydrogens is 251 g/mol. The summed E-state index contributed by atoms with van der Waals surface area (Å²) in [6.45, 7) is 0.343. The van der Waals surface area contributed by atoms with Gasteiger partial charge in [-0.25, -0.2) is 4.39 Å². The maximum absolute atomic E-state index is 13.1. The highest BCUT2D eigenvalue weighted by Gasteiger charge is 2.33. The first-order valence-corrected chi connectivity index (χ1v) is 5.99. The molecule has 1 aromatic heterocycles. The van der Waals surface area contributed by atoms with E-state index in [0.29, 0.717) is 6.54 Å². The molecule has 102 valence electrons. The average Bonchev–Trinajstić information content (AvgIpc) is 3.23. The second kappa shape index (κ2) is 5.64. The molecule has 0 aromatic carbocycles. The second-order valence-electron chi connectivity index (χ2n) is 4.46. The Kier molecular flexibility index (Phi) is 3.94.